The van der Waals surface area contributed by atoms with E-state index >= 15 is 0 Å². The first-order valence-electron chi connectivity index (χ1n) is 7.90. The van der Waals surface area contributed by atoms with E-state index in [1.165, 1.54) is 64.8 Å². The van der Waals surface area contributed by atoms with Crippen molar-refractivity contribution in [2.45, 2.75) is 44.6 Å². The number of rotatable bonds is 5. The quantitative estimate of drug-likeness (QED) is 0.696. The summed E-state index contributed by atoms with van der Waals surface area (Å²) < 4.78 is 5.49. The summed E-state index contributed by atoms with van der Waals surface area (Å²) in [4.78, 5) is 5.53. The summed E-state index contributed by atoms with van der Waals surface area (Å²) in [5.41, 5.74) is 0.558. The molecule has 18 heavy (non-hydrogen) atoms. The van der Waals surface area contributed by atoms with Gasteiger partial charge in [0.1, 0.15) is 0 Å². The molecule has 1 atom stereocenters. The molecule has 3 nitrogen and oxygen atoms in total. The van der Waals surface area contributed by atoms with Crippen LogP contribution < -0.4 is 0 Å². The number of hydrogen-bond acceptors (Lipinski definition) is 3. The van der Waals surface area contributed by atoms with Gasteiger partial charge in [-0.25, -0.2) is 0 Å². The van der Waals surface area contributed by atoms with E-state index in [1.54, 1.807) is 0 Å². The van der Waals surface area contributed by atoms with Crippen LogP contribution in [0.3, 0.4) is 0 Å². The molecular formula is C15H28N2O. The van der Waals surface area contributed by atoms with Crippen molar-refractivity contribution in [3.8, 4) is 0 Å². The Kier molecular flexibility index (Phi) is 3.92. The molecule has 0 aliphatic carbocycles. The SMILES string of the molecule is CCOCCCN1CCCC12CN1CCC2CC1. The molecule has 3 heteroatoms. The van der Waals surface area contributed by atoms with Crippen molar-refractivity contribution in [2.24, 2.45) is 5.92 Å². The fourth-order valence-electron chi connectivity index (χ4n) is 4.58. The van der Waals surface area contributed by atoms with Crippen molar-refractivity contribution in [1.29, 1.82) is 0 Å². The average molecular weight is 252 g/mol. The van der Waals surface area contributed by atoms with Gasteiger partial charge in [0.25, 0.3) is 0 Å². The molecule has 1 unspecified atom stereocenters. The summed E-state index contributed by atoms with van der Waals surface area (Å²) in [5.74, 6) is 0.983. The van der Waals surface area contributed by atoms with Gasteiger partial charge in [0.15, 0.2) is 0 Å². The zero-order chi connectivity index (χ0) is 12.4. The Labute approximate surface area is 111 Å². The Balaban J connectivity index is 1.60. The lowest BCUT2D eigenvalue weighted by molar-refractivity contribution is -0.0528. The van der Waals surface area contributed by atoms with Gasteiger partial charge in [-0.3, -0.25) is 4.90 Å². The number of hydrogen-bond donors (Lipinski definition) is 0. The molecule has 2 bridgehead atoms. The van der Waals surface area contributed by atoms with Crippen LogP contribution in [0.5, 0.6) is 0 Å². The van der Waals surface area contributed by atoms with Gasteiger partial charge in [-0.1, -0.05) is 0 Å². The van der Waals surface area contributed by atoms with E-state index in [2.05, 4.69) is 16.7 Å². The molecule has 0 aromatic rings. The maximum atomic E-state index is 5.49. The van der Waals surface area contributed by atoms with Crippen LogP contribution in [0.25, 0.3) is 0 Å². The number of ether oxygens (including phenoxy) is 1. The van der Waals surface area contributed by atoms with E-state index in [0.717, 1.165) is 19.1 Å². The number of likely N-dealkylation sites (tertiary alicyclic amines) is 1. The highest BCUT2D eigenvalue weighted by molar-refractivity contribution is 5.07. The van der Waals surface area contributed by atoms with Gasteiger partial charge >= 0.3 is 0 Å². The molecule has 4 heterocycles. The fraction of sp³-hybridized carbons (Fsp3) is 1.00. The van der Waals surface area contributed by atoms with Crippen molar-refractivity contribution in [3.63, 3.8) is 0 Å². The van der Waals surface area contributed by atoms with E-state index in [9.17, 15) is 0 Å². The smallest absolute Gasteiger partial charge is 0.0478 e. The normalized spacial score (nSPS) is 39.8. The Morgan fingerprint density at radius 1 is 1.22 bits per heavy atom. The van der Waals surface area contributed by atoms with Gasteiger partial charge in [-0.15, -0.1) is 0 Å². The van der Waals surface area contributed by atoms with E-state index in [-0.39, 0.29) is 0 Å². The molecule has 4 saturated heterocycles. The second kappa shape index (κ2) is 5.48. The number of piperidine rings is 3. The summed E-state index contributed by atoms with van der Waals surface area (Å²) in [7, 11) is 0. The second-order valence-electron chi connectivity index (χ2n) is 6.30. The molecule has 4 aliphatic heterocycles. The van der Waals surface area contributed by atoms with Crippen LogP contribution in [0.1, 0.15) is 39.0 Å². The lowest BCUT2D eigenvalue weighted by atomic mass is 9.71. The van der Waals surface area contributed by atoms with Crippen LogP contribution in [-0.4, -0.2) is 61.3 Å². The highest BCUT2D eigenvalue weighted by atomic mass is 16.5. The molecule has 0 saturated carbocycles. The van der Waals surface area contributed by atoms with Gasteiger partial charge < -0.3 is 9.64 Å². The minimum Gasteiger partial charge on any atom is -0.382 e. The van der Waals surface area contributed by atoms with Crippen molar-refractivity contribution in [1.82, 2.24) is 9.80 Å². The summed E-state index contributed by atoms with van der Waals surface area (Å²) in [6.07, 6.45) is 6.97. The van der Waals surface area contributed by atoms with Gasteiger partial charge in [0.05, 0.1) is 0 Å². The maximum absolute atomic E-state index is 5.49. The Bertz CT molecular complexity index is 276. The first kappa shape index (κ1) is 12.9. The van der Waals surface area contributed by atoms with Gasteiger partial charge in [-0.2, -0.15) is 0 Å². The first-order valence-corrected chi connectivity index (χ1v) is 7.90. The molecule has 0 aromatic heterocycles. The lowest BCUT2D eigenvalue weighted by Crippen LogP contribution is -2.64. The molecular weight excluding hydrogens is 224 g/mol. The third-order valence-corrected chi connectivity index (χ3v) is 5.43. The second-order valence-corrected chi connectivity index (χ2v) is 6.30. The van der Waals surface area contributed by atoms with Crippen molar-refractivity contribution in [3.05, 3.63) is 0 Å². The Morgan fingerprint density at radius 3 is 2.72 bits per heavy atom. The van der Waals surface area contributed by atoms with Crippen LogP contribution in [0, 0.1) is 5.92 Å². The summed E-state index contributed by atoms with van der Waals surface area (Å²) >= 11 is 0. The molecule has 0 radical (unpaired) electrons. The topological polar surface area (TPSA) is 15.7 Å². The van der Waals surface area contributed by atoms with E-state index < -0.39 is 0 Å². The van der Waals surface area contributed by atoms with Crippen LogP contribution in [0.15, 0.2) is 0 Å². The zero-order valence-corrected chi connectivity index (χ0v) is 11.9. The van der Waals surface area contributed by atoms with Crippen LogP contribution in [0.4, 0.5) is 0 Å². The van der Waals surface area contributed by atoms with Gasteiger partial charge in [-0.05, 0) is 64.6 Å². The van der Waals surface area contributed by atoms with Crippen molar-refractivity contribution >= 4 is 0 Å². The van der Waals surface area contributed by atoms with E-state index in [4.69, 9.17) is 4.74 Å². The fourth-order valence-corrected chi connectivity index (χ4v) is 4.58. The predicted molar refractivity (Wildman–Crippen MR) is 73.8 cm³/mol. The van der Waals surface area contributed by atoms with Crippen molar-refractivity contribution < 1.29 is 4.74 Å². The van der Waals surface area contributed by atoms with Gasteiger partial charge in [0, 0.05) is 31.8 Å². The lowest BCUT2D eigenvalue weighted by Gasteiger charge is -2.55. The largest absolute Gasteiger partial charge is 0.382 e. The summed E-state index contributed by atoms with van der Waals surface area (Å²) in [6, 6.07) is 0. The molecule has 1 spiro atoms. The zero-order valence-electron chi connectivity index (χ0n) is 11.9. The predicted octanol–water partition coefficient (Wildman–Crippen LogP) is 1.97. The Morgan fingerprint density at radius 2 is 2.06 bits per heavy atom. The van der Waals surface area contributed by atoms with E-state index in [0.29, 0.717) is 5.54 Å². The van der Waals surface area contributed by atoms with Crippen molar-refractivity contribution in [2.75, 3.05) is 45.9 Å². The summed E-state index contributed by atoms with van der Waals surface area (Å²) in [6.45, 7) is 10.6. The molecule has 4 fully saturated rings. The Hall–Kier alpha value is -0.120. The first-order chi connectivity index (χ1) is 8.85. The molecule has 4 aliphatic rings. The highest BCUT2D eigenvalue weighted by Crippen LogP contribution is 2.45. The number of nitrogens with zero attached hydrogens (tertiary/aromatic N) is 2. The maximum Gasteiger partial charge on any atom is 0.0478 e. The van der Waals surface area contributed by atoms with Gasteiger partial charge in [0.2, 0.25) is 0 Å². The summed E-state index contributed by atoms with van der Waals surface area (Å²) in [5, 5.41) is 0. The van der Waals surface area contributed by atoms with E-state index in [1.807, 2.05) is 0 Å². The molecule has 104 valence electrons. The third-order valence-electron chi connectivity index (χ3n) is 5.43. The minimum atomic E-state index is 0.558. The molecule has 4 rings (SSSR count). The van der Waals surface area contributed by atoms with Crippen LogP contribution >= 0.6 is 0 Å². The average Bonchev–Trinajstić information content (AvgIpc) is 2.79. The minimum absolute atomic E-state index is 0.558. The van der Waals surface area contributed by atoms with Crippen LogP contribution in [-0.2, 0) is 4.74 Å². The number of fused-ring (bicyclic) bond motifs is 2. The highest BCUT2D eigenvalue weighted by Gasteiger charge is 2.51. The monoisotopic (exact) mass is 252 g/mol. The van der Waals surface area contributed by atoms with Crippen LogP contribution in [0.2, 0.25) is 0 Å². The third kappa shape index (κ3) is 2.21. The molecule has 0 amide bonds. The molecule has 0 aromatic carbocycles. The molecule has 0 N–H and O–H groups in total. The standard InChI is InChI=1S/C15H28N2O/c1-2-18-12-4-9-17-8-3-7-15(17)13-16-10-5-14(15)6-11-16/h14H,2-13H2,1H3.